The van der Waals surface area contributed by atoms with E-state index >= 15 is 0 Å². The van der Waals surface area contributed by atoms with E-state index in [1.165, 1.54) is 11.3 Å². The van der Waals surface area contributed by atoms with Gasteiger partial charge in [-0.05, 0) is 50.7 Å². The fourth-order valence-corrected chi connectivity index (χ4v) is 3.37. The Morgan fingerprint density at radius 1 is 1.18 bits per heavy atom. The molecule has 0 atom stereocenters. The monoisotopic (exact) mass is 416 g/mol. The minimum atomic E-state index is 0.625. The second-order valence-electron chi connectivity index (χ2n) is 6.78. The van der Waals surface area contributed by atoms with Crippen molar-refractivity contribution < 1.29 is 0 Å². The molecule has 8 heteroatoms. The van der Waals surface area contributed by atoms with Gasteiger partial charge in [-0.15, -0.1) is 0 Å². The first-order valence-electron chi connectivity index (χ1n) is 9.20. The first-order chi connectivity index (χ1) is 13.4. The Bertz CT molecular complexity index is 960. The van der Waals surface area contributed by atoms with Crippen molar-refractivity contribution >= 4 is 34.7 Å². The van der Waals surface area contributed by atoms with Gasteiger partial charge in [-0.2, -0.15) is 10.2 Å². The molecule has 0 spiro atoms. The number of benzene rings is 1. The van der Waals surface area contributed by atoms with Gasteiger partial charge in [-0.3, -0.25) is 9.36 Å². The zero-order chi connectivity index (χ0) is 20.3. The smallest absolute Gasteiger partial charge is 0.174 e. The second kappa shape index (κ2) is 8.75. The number of hydrogen-bond acceptors (Lipinski definition) is 3. The van der Waals surface area contributed by atoms with Crippen molar-refractivity contribution in [3.05, 3.63) is 64.1 Å². The lowest BCUT2D eigenvalue weighted by Crippen LogP contribution is -2.31. The molecule has 2 aromatic heterocycles. The van der Waals surface area contributed by atoms with Crippen LogP contribution < -0.4 is 5.32 Å². The minimum Gasteiger partial charge on any atom is -0.348 e. The van der Waals surface area contributed by atoms with Crippen LogP contribution in [0.3, 0.4) is 0 Å². The Labute approximate surface area is 176 Å². The van der Waals surface area contributed by atoms with Crippen molar-refractivity contribution in [3.8, 4) is 0 Å². The van der Waals surface area contributed by atoms with Crippen LogP contribution in [-0.4, -0.2) is 36.6 Å². The summed E-state index contributed by atoms with van der Waals surface area (Å²) >= 11 is 11.5. The van der Waals surface area contributed by atoms with E-state index in [9.17, 15) is 0 Å². The van der Waals surface area contributed by atoms with Crippen molar-refractivity contribution in [1.29, 1.82) is 0 Å². The highest BCUT2D eigenvalue weighted by molar-refractivity contribution is 7.80. The van der Waals surface area contributed by atoms with Gasteiger partial charge in [-0.1, -0.05) is 23.7 Å². The van der Waals surface area contributed by atoms with Crippen LogP contribution >= 0.6 is 23.8 Å². The lowest BCUT2D eigenvalue weighted by atomic mass is 10.2. The Kier molecular flexibility index (Phi) is 6.36. The van der Waals surface area contributed by atoms with Gasteiger partial charge < -0.3 is 10.2 Å². The van der Waals surface area contributed by atoms with E-state index in [0.717, 1.165) is 28.6 Å². The predicted molar refractivity (Wildman–Crippen MR) is 118 cm³/mol. The Hall–Kier alpha value is -2.38. The third-order valence-electron chi connectivity index (χ3n) is 4.71. The summed E-state index contributed by atoms with van der Waals surface area (Å²) in [6.45, 7) is 8.48. The third kappa shape index (κ3) is 4.72. The van der Waals surface area contributed by atoms with Crippen LogP contribution in [0.4, 0.5) is 5.82 Å². The van der Waals surface area contributed by atoms with E-state index in [1.807, 2.05) is 64.8 Å². The predicted octanol–water partition coefficient (Wildman–Crippen LogP) is 4.25. The van der Waals surface area contributed by atoms with Crippen LogP contribution in [0.15, 0.2) is 36.5 Å². The van der Waals surface area contributed by atoms with Gasteiger partial charge in [0.2, 0.25) is 0 Å². The average Bonchev–Trinajstić information content (AvgIpc) is 3.22. The number of nitrogens with one attached hydrogen (secondary N) is 1. The van der Waals surface area contributed by atoms with Crippen molar-refractivity contribution in [2.75, 3.05) is 12.4 Å². The molecule has 3 aromatic rings. The van der Waals surface area contributed by atoms with Gasteiger partial charge in [0, 0.05) is 48.7 Å². The maximum atomic E-state index is 5.94. The number of aryl methyl sites for hydroxylation is 2. The number of rotatable bonds is 6. The average molecular weight is 417 g/mol. The molecule has 3 rings (SSSR count). The maximum Gasteiger partial charge on any atom is 0.174 e. The highest BCUT2D eigenvalue weighted by Gasteiger charge is 2.15. The fraction of sp³-hybridized carbons (Fsp3) is 0.350. The third-order valence-corrected chi connectivity index (χ3v) is 5.37. The summed E-state index contributed by atoms with van der Waals surface area (Å²) in [5.41, 5.74) is 4.57. The minimum absolute atomic E-state index is 0.625. The number of halogens is 1. The SMILES string of the molecule is CCn1nc(C)c(CN(C)C(=S)Nc2ccn(Cc3ccc(Cl)cc3)n2)c1C. The van der Waals surface area contributed by atoms with Crippen molar-refractivity contribution in [2.45, 2.75) is 40.4 Å². The summed E-state index contributed by atoms with van der Waals surface area (Å²) in [4.78, 5) is 2.00. The molecule has 0 fully saturated rings. The fourth-order valence-electron chi connectivity index (χ4n) is 3.08. The Morgan fingerprint density at radius 2 is 1.89 bits per heavy atom. The standard InChI is InChI=1S/C20H25ClN6S/c1-5-27-15(3)18(14(2)23-27)13-25(4)20(28)22-19-10-11-26(24-19)12-16-6-8-17(21)9-7-16/h6-11H,5,12-13H2,1-4H3,(H,22,24,28). The summed E-state index contributed by atoms with van der Waals surface area (Å²) in [5, 5.41) is 13.7. The van der Waals surface area contributed by atoms with Gasteiger partial charge in [-0.25, -0.2) is 0 Å². The van der Waals surface area contributed by atoms with Crippen molar-refractivity contribution in [3.63, 3.8) is 0 Å². The van der Waals surface area contributed by atoms with Crippen molar-refractivity contribution in [1.82, 2.24) is 24.5 Å². The maximum absolute atomic E-state index is 5.94. The van der Waals surface area contributed by atoms with Gasteiger partial charge >= 0.3 is 0 Å². The molecule has 0 aliphatic heterocycles. The van der Waals surface area contributed by atoms with Crippen LogP contribution in [0.1, 0.15) is 29.4 Å². The van der Waals surface area contributed by atoms with Crippen LogP contribution in [0.25, 0.3) is 0 Å². The van der Waals surface area contributed by atoms with E-state index in [4.69, 9.17) is 23.8 Å². The summed E-state index contributed by atoms with van der Waals surface area (Å²) < 4.78 is 3.89. The van der Waals surface area contributed by atoms with Crippen LogP contribution in [0, 0.1) is 13.8 Å². The van der Waals surface area contributed by atoms with Gasteiger partial charge in [0.1, 0.15) is 0 Å². The summed E-state index contributed by atoms with van der Waals surface area (Å²) in [6, 6.07) is 9.68. The molecule has 0 aliphatic rings. The number of nitrogens with zero attached hydrogens (tertiary/aromatic N) is 5. The largest absolute Gasteiger partial charge is 0.348 e. The van der Waals surface area contributed by atoms with E-state index in [1.54, 1.807) is 0 Å². The highest BCUT2D eigenvalue weighted by Crippen LogP contribution is 2.16. The molecular weight excluding hydrogens is 392 g/mol. The van der Waals surface area contributed by atoms with E-state index < -0.39 is 0 Å². The topological polar surface area (TPSA) is 50.9 Å². The molecule has 0 radical (unpaired) electrons. The van der Waals surface area contributed by atoms with E-state index in [2.05, 4.69) is 29.4 Å². The van der Waals surface area contributed by atoms with Gasteiger partial charge in [0.05, 0.1) is 12.2 Å². The molecule has 0 unspecified atom stereocenters. The molecule has 0 saturated heterocycles. The Balaban J connectivity index is 1.61. The summed E-state index contributed by atoms with van der Waals surface area (Å²) in [5.74, 6) is 0.725. The molecular formula is C20H25ClN6S. The van der Waals surface area contributed by atoms with Crippen molar-refractivity contribution in [2.24, 2.45) is 0 Å². The molecule has 2 heterocycles. The zero-order valence-corrected chi connectivity index (χ0v) is 18.2. The first kappa shape index (κ1) is 20.4. The quantitative estimate of drug-likeness (QED) is 0.609. The molecule has 28 heavy (non-hydrogen) atoms. The van der Waals surface area contributed by atoms with Gasteiger partial charge in [0.15, 0.2) is 10.9 Å². The highest BCUT2D eigenvalue weighted by atomic mass is 35.5. The normalized spacial score (nSPS) is 10.9. The summed E-state index contributed by atoms with van der Waals surface area (Å²) in [7, 11) is 1.97. The number of aromatic nitrogens is 4. The lowest BCUT2D eigenvalue weighted by Gasteiger charge is -2.20. The molecule has 1 N–H and O–H groups in total. The molecule has 0 saturated carbocycles. The molecule has 1 aromatic carbocycles. The van der Waals surface area contributed by atoms with Crippen LogP contribution in [0.2, 0.25) is 5.02 Å². The lowest BCUT2D eigenvalue weighted by molar-refractivity contribution is 0.504. The first-order valence-corrected chi connectivity index (χ1v) is 9.99. The van der Waals surface area contributed by atoms with Crippen LogP contribution in [-0.2, 0) is 19.6 Å². The molecule has 0 bridgehead atoms. The molecule has 6 nitrogen and oxygen atoms in total. The summed E-state index contributed by atoms with van der Waals surface area (Å²) in [6.07, 6.45) is 1.93. The zero-order valence-electron chi connectivity index (χ0n) is 16.6. The van der Waals surface area contributed by atoms with Crippen LogP contribution in [0.5, 0.6) is 0 Å². The molecule has 0 amide bonds. The molecule has 148 valence electrons. The van der Waals surface area contributed by atoms with Gasteiger partial charge in [0.25, 0.3) is 0 Å². The number of anilines is 1. The second-order valence-corrected chi connectivity index (χ2v) is 7.60. The molecule has 0 aliphatic carbocycles. The van der Waals surface area contributed by atoms with E-state index in [0.29, 0.717) is 18.2 Å². The van der Waals surface area contributed by atoms with E-state index in [-0.39, 0.29) is 0 Å². The number of hydrogen-bond donors (Lipinski definition) is 1. The number of thiocarbonyl (C=S) groups is 1. The Morgan fingerprint density at radius 3 is 2.54 bits per heavy atom.